The summed E-state index contributed by atoms with van der Waals surface area (Å²) in [4.78, 5) is 13.1. The van der Waals surface area contributed by atoms with E-state index in [9.17, 15) is 4.79 Å². The molecule has 0 aromatic heterocycles. The van der Waals surface area contributed by atoms with Crippen LogP contribution in [0.2, 0.25) is 0 Å². The number of hydrogen-bond acceptors (Lipinski definition) is 2. The summed E-state index contributed by atoms with van der Waals surface area (Å²) in [5, 5.41) is 3.14. The van der Waals surface area contributed by atoms with E-state index in [1.54, 1.807) is 0 Å². The monoisotopic (exact) mass is 314 g/mol. The van der Waals surface area contributed by atoms with Gasteiger partial charge in [-0.1, -0.05) is 71.5 Å². The first-order valence-corrected chi connectivity index (χ1v) is 8.96. The molecule has 0 rings (SSSR count). The van der Waals surface area contributed by atoms with Crippen LogP contribution in [0.3, 0.4) is 0 Å². The Hall–Kier alpha value is -0.640. The lowest BCUT2D eigenvalue weighted by Gasteiger charge is -2.32. The van der Waals surface area contributed by atoms with Gasteiger partial charge in [0.1, 0.15) is 0 Å². The van der Waals surface area contributed by atoms with Crippen LogP contribution in [-0.4, -0.2) is 16.9 Å². The highest BCUT2D eigenvalue weighted by Crippen LogP contribution is 2.31. The van der Waals surface area contributed by atoms with E-state index in [1.165, 1.54) is 19.3 Å². The van der Waals surface area contributed by atoms with Crippen molar-refractivity contribution in [3.63, 3.8) is 0 Å². The number of thiocarbonyl (C=S) groups is 1. The quantitative estimate of drug-likeness (QED) is 0.416. The second-order valence-electron chi connectivity index (χ2n) is 6.17. The minimum atomic E-state index is -0.656. The molecule has 0 aromatic carbocycles. The maximum Gasteiger partial charge on any atom is 0.233 e. The maximum atomic E-state index is 12.7. The first kappa shape index (κ1) is 20.4. The molecule has 0 radical (unpaired) electrons. The van der Waals surface area contributed by atoms with Gasteiger partial charge >= 0.3 is 0 Å². The summed E-state index contributed by atoms with van der Waals surface area (Å²) in [5.41, 5.74) is 5.27. The summed E-state index contributed by atoms with van der Waals surface area (Å²) < 4.78 is 0. The Morgan fingerprint density at radius 2 is 1.67 bits per heavy atom. The van der Waals surface area contributed by atoms with Crippen molar-refractivity contribution in [2.75, 3.05) is 0 Å². The number of nitrogens with two attached hydrogens (primary N) is 1. The fraction of sp³-hybridized carbons (Fsp3) is 0.882. The SMILES string of the molecule is CCCCCCC(C)NC(=O)C(CCC)(CCC)C(N)=S. The molecule has 1 amide bonds. The fourth-order valence-electron chi connectivity index (χ4n) is 2.88. The van der Waals surface area contributed by atoms with E-state index in [-0.39, 0.29) is 11.9 Å². The molecule has 0 saturated heterocycles. The minimum absolute atomic E-state index is 0.0293. The Morgan fingerprint density at radius 1 is 1.10 bits per heavy atom. The van der Waals surface area contributed by atoms with Crippen LogP contribution < -0.4 is 11.1 Å². The third-order valence-electron chi connectivity index (χ3n) is 4.13. The van der Waals surface area contributed by atoms with Crippen LogP contribution in [-0.2, 0) is 4.79 Å². The number of nitrogens with one attached hydrogen (secondary N) is 1. The van der Waals surface area contributed by atoms with Crippen LogP contribution in [0, 0.1) is 5.41 Å². The molecule has 0 bridgehead atoms. The van der Waals surface area contributed by atoms with Gasteiger partial charge in [-0.3, -0.25) is 4.79 Å². The predicted octanol–water partition coefficient (Wildman–Crippen LogP) is 4.33. The van der Waals surface area contributed by atoms with Gasteiger partial charge in [0.2, 0.25) is 5.91 Å². The number of carbonyl (C=O) groups is 1. The van der Waals surface area contributed by atoms with Gasteiger partial charge < -0.3 is 11.1 Å². The molecule has 0 heterocycles. The molecule has 124 valence electrons. The molecule has 3 nitrogen and oxygen atoms in total. The first-order valence-electron chi connectivity index (χ1n) is 8.55. The smallest absolute Gasteiger partial charge is 0.233 e. The van der Waals surface area contributed by atoms with E-state index in [4.69, 9.17) is 18.0 Å². The van der Waals surface area contributed by atoms with Crippen molar-refractivity contribution >= 4 is 23.1 Å². The molecule has 1 unspecified atom stereocenters. The average Bonchev–Trinajstić information content (AvgIpc) is 2.42. The average molecular weight is 315 g/mol. The zero-order chi connectivity index (χ0) is 16.3. The molecular formula is C17H34N2OS. The van der Waals surface area contributed by atoms with Crippen LogP contribution in [0.1, 0.15) is 85.5 Å². The lowest BCUT2D eigenvalue weighted by atomic mass is 9.78. The van der Waals surface area contributed by atoms with Crippen molar-refractivity contribution < 1.29 is 4.79 Å². The van der Waals surface area contributed by atoms with E-state index in [1.807, 2.05) is 0 Å². The summed E-state index contributed by atoms with van der Waals surface area (Å²) in [5.74, 6) is 0.0293. The van der Waals surface area contributed by atoms with E-state index in [0.29, 0.717) is 4.99 Å². The molecule has 0 aromatic rings. The maximum absolute atomic E-state index is 12.7. The second-order valence-corrected chi connectivity index (χ2v) is 6.61. The van der Waals surface area contributed by atoms with E-state index < -0.39 is 5.41 Å². The molecule has 0 aliphatic carbocycles. The normalized spacial score (nSPS) is 13.0. The van der Waals surface area contributed by atoms with Crippen molar-refractivity contribution in [2.45, 2.75) is 91.5 Å². The zero-order valence-electron chi connectivity index (χ0n) is 14.3. The largest absolute Gasteiger partial charge is 0.392 e. The number of amides is 1. The molecule has 0 aliphatic rings. The van der Waals surface area contributed by atoms with E-state index in [0.717, 1.165) is 38.5 Å². The summed E-state index contributed by atoms with van der Waals surface area (Å²) in [6.45, 7) is 8.43. The van der Waals surface area contributed by atoms with Gasteiger partial charge in [-0.25, -0.2) is 0 Å². The van der Waals surface area contributed by atoms with Gasteiger partial charge in [-0.2, -0.15) is 0 Å². The van der Waals surface area contributed by atoms with Crippen molar-refractivity contribution in [2.24, 2.45) is 11.1 Å². The molecule has 0 aliphatic heterocycles. The van der Waals surface area contributed by atoms with Gasteiger partial charge in [-0.15, -0.1) is 0 Å². The van der Waals surface area contributed by atoms with Crippen molar-refractivity contribution in [3.8, 4) is 0 Å². The van der Waals surface area contributed by atoms with Gasteiger partial charge in [0.05, 0.1) is 10.4 Å². The topological polar surface area (TPSA) is 55.1 Å². The highest BCUT2D eigenvalue weighted by molar-refractivity contribution is 7.80. The summed E-state index contributed by atoms with van der Waals surface area (Å²) in [6.07, 6.45) is 9.23. The van der Waals surface area contributed by atoms with Crippen LogP contribution in [0.5, 0.6) is 0 Å². The third kappa shape index (κ3) is 6.77. The van der Waals surface area contributed by atoms with E-state index >= 15 is 0 Å². The number of carbonyl (C=O) groups excluding carboxylic acids is 1. The Kier molecular flexibility index (Phi) is 10.7. The Morgan fingerprint density at radius 3 is 2.10 bits per heavy atom. The van der Waals surface area contributed by atoms with Gasteiger partial charge in [-0.05, 0) is 26.2 Å². The van der Waals surface area contributed by atoms with Gasteiger partial charge in [0.15, 0.2) is 0 Å². The van der Waals surface area contributed by atoms with E-state index in [2.05, 4.69) is 33.0 Å². The summed E-state index contributed by atoms with van der Waals surface area (Å²) in [7, 11) is 0. The second kappa shape index (κ2) is 11.0. The summed E-state index contributed by atoms with van der Waals surface area (Å²) >= 11 is 5.23. The van der Waals surface area contributed by atoms with Crippen LogP contribution in [0.15, 0.2) is 0 Å². The Bertz CT molecular complexity index is 312. The van der Waals surface area contributed by atoms with Crippen molar-refractivity contribution in [1.29, 1.82) is 0 Å². The molecule has 1 atom stereocenters. The lowest BCUT2D eigenvalue weighted by molar-refractivity contribution is -0.128. The molecular weight excluding hydrogens is 280 g/mol. The van der Waals surface area contributed by atoms with Crippen LogP contribution in [0.4, 0.5) is 0 Å². The molecule has 3 N–H and O–H groups in total. The molecule has 0 saturated carbocycles. The summed E-state index contributed by atoms with van der Waals surface area (Å²) in [6, 6.07) is 0.191. The molecule has 4 heteroatoms. The van der Waals surface area contributed by atoms with Crippen LogP contribution in [0.25, 0.3) is 0 Å². The predicted molar refractivity (Wildman–Crippen MR) is 95.4 cm³/mol. The number of hydrogen-bond donors (Lipinski definition) is 2. The van der Waals surface area contributed by atoms with Gasteiger partial charge in [0.25, 0.3) is 0 Å². The Labute approximate surface area is 136 Å². The fourth-order valence-corrected chi connectivity index (χ4v) is 3.17. The highest BCUT2D eigenvalue weighted by atomic mass is 32.1. The highest BCUT2D eigenvalue weighted by Gasteiger charge is 2.40. The lowest BCUT2D eigenvalue weighted by Crippen LogP contribution is -2.51. The molecule has 21 heavy (non-hydrogen) atoms. The standard InChI is InChI=1S/C17H34N2OS/c1-5-8-9-10-11-14(4)19-16(20)17(12-6-2,13-7-3)15(18)21/h14H,5-13H2,1-4H3,(H2,18,21)(H,19,20). The van der Waals surface area contributed by atoms with Crippen LogP contribution >= 0.6 is 12.2 Å². The van der Waals surface area contributed by atoms with Gasteiger partial charge in [0, 0.05) is 6.04 Å². The van der Waals surface area contributed by atoms with Crippen molar-refractivity contribution in [1.82, 2.24) is 5.32 Å². The molecule has 0 fully saturated rings. The minimum Gasteiger partial charge on any atom is -0.392 e. The first-order chi connectivity index (χ1) is 9.94. The zero-order valence-corrected chi connectivity index (χ0v) is 15.2. The Balaban J connectivity index is 4.62. The third-order valence-corrected chi connectivity index (χ3v) is 4.52. The molecule has 0 spiro atoms. The number of unbranched alkanes of at least 4 members (excludes halogenated alkanes) is 3. The number of rotatable bonds is 12. The van der Waals surface area contributed by atoms with Crippen molar-refractivity contribution in [3.05, 3.63) is 0 Å².